The van der Waals surface area contributed by atoms with Crippen LogP contribution in [0.15, 0.2) is 60.7 Å². The van der Waals surface area contributed by atoms with E-state index in [2.05, 4.69) is 13.8 Å². The van der Waals surface area contributed by atoms with E-state index in [4.69, 9.17) is 9.78 Å². The Labute approximate surface area is 257 Å². The van der Waals surface area contributed by atoms with E-state index in [0.29, 0.717) is 5.56 Å². The second kappa shape index (κ2) is 20.0. The van der Waals surface area contributed by atoms with Gasteiger partial charge >= 0.3 is 5.97 Å². The van der Waals surface area contributed by atoms with Crippen LogP contribution < -0.4 is 0 Å². The Bertz CT molecular complexity index is 1230. The minimum absolute atomic E-state index is 0.0446. The van der Waals surface area contributed by atoms with Crippen LogP contribution in [0.5, 0.6) is 0 Å². The summed E-state index contributed by atoms with van der Waals surface area (Å²) in [5.41, 5.74) is 2.01. The number of unbranched alkanes of at least 4 members (excludes halogenated alkanes) is 13. The van der Waals surface area contributed by atoms with Crippen LogP contribution in [-0.2, 0) is 16.2 Å². The van der Waals surface area contributed by atoms with Gasteiger partial charge < -0.3 is 0 Å². The van der Waals surface area contributed by atoms with Crippen LogP contribution in [0.2, 0.25) is 0 Å². The van der Waals surface area contributed by atoms with Crippen LogP contribution in [0.4, 0.5) is 8.78 Å². The highest BCUT2D eigenvalue weighted by Gasteiger charge is 2.24. The van der Waals surface area contributed by atoms with Crippen LogP contribution in [0.3, 0.4) is 0 Å². The van der Waals surface area contributed by atoms with Gasteiger partial charge in [0, 0.05) is 11.1 Å². The summed E-state index contributed by atoms with van der Waals surface area (Å²) in [5.74, 6) is -2.25. The Balaban J connectivity index is 1.67. The summed E-state index contributed by atoms with van der Waals surface area (Å²) in [6.07, 6.45) is 18.4. The smallest absolute Gasteiger partial charge is 0.293 e. The van der Waals surface area contributed by atoms with Gasteiger partial charge in [0.15, 0.2) is 0 Å². The molecule has 0 unspecified atom stereocenters. The summed E-state index contributed by atoms with van der Waals surface area (Å²) in [5, 5.41) is 0. The van der Waals surface area contributed by atoms with Crippen LogP contribution in [0.1, 0.15) is 126 Å². The lowest BCUT2D eigenvalue weighted by atomic mass is 9.91. The van der Waals surface area contributed by atoms with Gasteiger partial charge in [0.25, 0.3) is 0 Å². The monoisotopic (exact) mass is 592 g/mol. The quantitative estimate of drug-likeness (QED) is 0.0701. The second-order valence-electron chi connectivity index (χ2n) is 11.6. The van der Waals surface area contributed by atoms with Crippen molar-refractivity contribution in [1.82, 2.24) is 0 Å². The molecular weight excluding hydrogens is 542 g/mol. The lowest BCUT2D eigenvalue weighted by Gasteiger charge is -2.15. The van der Waals surface area contributed by atoms with Gasteiger partial charge in [-0.15, -0.1) is 0 Å². The molecule has 5 heteroatoms. The standard InChI is InChI=1S/C38H50F2O3/c1-3-5-7-9-10-11-12-13-14-17-21-30-24-25-33(35(39)29-30)36-32(31-22-18-16-19-23-31)26-27-34(37(36)40)38(41)43-42-28-20-15-8-6-4-2/h16,18-19,22-27,29H,3-15,17,20-21,28H2,1-2H3. The fraction of sp³-hybridized carbons (Fsp3) is 0.500. The van der Waals surface area contributed by atoms with Gasteiger partial charge in [0.1, 0.15) is 11.6 Å². The second-order valence-corrected chi connectivity index (χ2v) is 11.6. The molecule has 234 valence electrons. The lowest BCUT2D eigenvalue weighted by molar-refractivity contribution is -0.241. The number of carbonyl (C=O) groups is 1. The summed E-state index contributed by atoms with van der Waals surface area (Å²) >= 11 is 0. The average molecular weight is 593 g/mol. The molecule has 0 amide bonds. The molecule has 0 heterocycles. The molecule has 3 nitrogen and oxygen atoms in total. The highest BCUT2D eigenvalue weighted by atomic mass is 19.1. The van der Waals surface area contributed by atoms with Gasteiger partial charge in [0.05, 0.1) is 12.2 Å². The van der Waals surface area contributed by atoms with Crippen molar-refractivity contribution in [3.8, 4) is 22.3 Å². The van der Waals surface area contributed by atoms with Gasteiger partial charge in [-0.3, -0.25) is 4.89 Å². The SMILES string of the molecule is CCCCCCCCCCCCc1ccc(-c2c(-c3ccccc3)ccc(C(=O)OOCCCCCCC)c2F)c(F)c1. The molecule has 0 radical (unpaired) electrons. The predicted molar refractivity (Wildman–Crippen MR) is 173 cm³/mol. The first-order valence-electron chi connectivity index (χ1n) is 16.6. The maximum absolute atomic E-state index is 16.1. The number of carbonyl (C=O) groups excluding carboxylic acids is 1. The minimum atomic E-state index is -0.926. The van der Waals surface area contributed by atoms with Gasteiger partial charge in [-0.1, -0.05) is 146 Å². The number of hydrogen-bond acceptors (Lipinski definition) is 3. The Morgan fingerprint density at radius 1 is 0.651 bits per heavy atom. The molecule has 0 saturated heterocycles. The molecule has 3 aromatic carbocycles. The number of benzene rings is 3. The Morgan fingerprint density at radius 3 is 1.86 bits per heavy atom. The largest absolute Gasteiger partial charge is 0.376 e. The van der Waals surface area contributed by atoms with Crippen molar-refractivity contribution in [3.05, 3.63) is 83.4 Å². The van der Waals surface area contributed by atoms with Gasteiger partial charge in [-0.05, 0) is 48.1 Å². The predicted octanol–water partition coefficient (Wildman–Crippen LogP) is 11.8. The fourth-order valence-corrected chi connectivity index (χ4v) is 5.49. The fourth-order valence-electron chi connectivity index (χ4n) is 5.49. The first-order chi connectivity index (χ1) is 21.1. The molecule has 0 bridgehead atoms. The van der Waals surface area contributed by atoms with Crippen LogP contribution >= 0.6 is 0 Å². The van der Waals surface area contributed by atoms with E-state index in [9.17, 15) is 4.79 Å². The van der Waals surface area contributed by atoms with Crippen molar-refractivity contribution in [1.29, 1.82) is 0 Å². The molecule has 0 aliphatic heterocycles. The van der Waals surface area contributed by atoms with E-state index in [1.54, 1.807) is 12.1 Å². The molecule has 3 aromatic rings. The first kappa shape index (κ1) is 34.4. The number of halogens is 2. The molecule has 0 spiro atoms. The molecule has 0 fully saturated rings. The topological polar surface area (TPSA) is 35.5 Å². The Hall–Kier alpha value is -3.05. The normalized spacial score (nSPS) is 11.2. The average Bonchev–Trinajstić information content (AvgIpc) is 3.02. The molecular formula is C38H50F2O3. The third-order valence-corrected chi connectivity index (χ3v) is 8.03. The zero-order valence-corrected chi connectivity index (χ0v) is 26.3. The zero-order chi connectivity index (χ0) is 30.7. The lowest BCUT2D eigenvalue weighted by Crippen LogP contribution is -2.10. The third-order valence-electron chi connectivity index (χ3n) is 8.03. The molecule has 0 N–H and O–H groups in total. The van der Waals surface area contributed by atoms with Crippen molar-refractivity contribution in [3.63, 3.8) is 0 Å². The maximum atomic E-state index is 16.1. The van der Waals surface area contributed by atoms with Crippen molar-refractivity contribution in [2.45, 2.75) is 117 Å². The molecule has 0 aliphatic carbocycles. The molecule has 0 saturated carbocycles. The van der Waals surface area contributed by atoms with Crippen molar-refractivity contribution >= 4 is 5.97 Å². The van der Waals surface area contributed by atoms with E-state index in [1.165, 1.54) is 63.5 Å². The first-order valence-corrected chi connectivity index (χ1v) is 16.6. The van der Waals surface area contributed by atoms with E-state index < -0.39 is 17.6 Å². The van der Waals surface area contributed by atoms with Crippen LogP contribution in [-0.4, -0.2) is 12.6 Å². The van der Waals surface area contributed by atoms with Gasteiger partial charge in [-0.25, -0.2) is 13.6 Å². The molecule has 0 aromatic heterocycles. The van der Waals surface area contributed by atoms with Gasteiger partial charge in [0.2, 0.25) is 0 Å². The van der Waals surface area contributed by atoms with Crippen molar-refractivity contribution in [2.75, 3.05) is 6.61 Å². The molecule has 0 atom stereocenters. The van der Waals surface area contributed by atoms with Crippen molar-refractivity contribution < 1.29 is 23.4 Å². The van der Waals surface area contributed by atoms with E-state index >= 15 is 8.78 Å². The summed E-state index contributed by atoms with van der Waals surface area (Å²) in [6, 6.07) is 17.3. The van der Waals surface area contributed by atoms with E-state index in [-0.39, 0.29) is 23.3 Å². The number of hydrogen-bond donors (Lipinski definition) is 0. The van der Waals surface area contributed by atoms with Crippen LogP contribution in [0, 0.1) is 11.6 Å². The van der Waals surface area contributed by atoms with Gasteiger partial charge in [-0.2, -0.15) is 4.89 Å². The third kappa shape index (κ3) is 11.5. The number of rotatable bonds is 21. The van der Waals surface area contributed by atoms with Crippen molar-refractivity contribution in [2.24, 2.45) is 0 Å². The molecule has 3 rings (SSSR count). The molecule has 0 aliphatic rings. The summed E-state index contributed by atoms with van der Waals surface area (Å²) in [4.78, 5) is 22.8. The highest BCUT2D eigenvalue weighted by Crippen LogP contribution is 2.37. The highest BCUT2D eigenvalue weighted by molar-refractivity contribution is 5.95. The molecule has 43 heavy (non-hydrogen) atoms. The van der Waals surface area contributed by atoms with Crippen LogP contribution in [0.25, 0.3) is 22.3 Å². The van der Waals surface area contributed by atoms with E-state index in [1.807, 2.05) is 36.4 Å². The Morgan fingerprint density at radius 2 is 1.23 bits per heavy atom. The summed E-state index contributed by atoms with van der Waals surface area (Å²) in [7, 11) is 0. The Kier molecular flexibility index (Phi) is 16.0. The number of aryl methyl sites for hydroxylation is 1. The maximum Gasteiger partial charge on any atom is 0.376 e. The summed E-state index contributed by atoms with van der Waals surface area (Å²) in [6.45, 7) is 4.63. The van der Waals surface area contributed by atoms with E-state index in [0.717, 1.165) is 62.5 Å². The summed E-state index contributed by atoms with van der Waals surface area (Å²) < 4.78 is 31.7. The zero-order valence-electron chi connectivity index (χ0n) is 26.3. The minimum Gasteiger partial charge on any atom is -0.293 e.